The summed E-state index contributed by atoms with van der Waals surface area (Å²) < 4.78 is 8.07. The molecule has 5 atom stereocenters. The topological polar surface area (TPSA) is 109 Å². The van der Waals surface area contributed by atoms with Gasteiger partial charge >= 0.3 is 0 Å². The van der Waals surface area contributed by atoms with Crippen LogP contribution in [-0.4, -0.2) is 68.8 Å². The Hall–Kier alpha value is -4.61. The Morgan fingerprint density at radius 1 is 1.00 bits per heavy atom. The van der Waals surface area contributed by atoms with Crippen molar-refractivity contribution in [1.82, 2.24) is 25.1 Å². The lowest BCUT2D eigenvalue weighted by Crippen LogP contribution is -2.52. The summed E-state index contributed by atoms with van der Waals surface area (Å²) >= 11 is 1.58. The first-order valence-corrected chi connectivity index (χ1v) is 18.2. The van der Waals surface area contributed by atoms with Crippen molar-refractivity contribution >= 4 is 23.2 Å². The van der Waals surface area contributed by atoms with Gasteiger partial charge in [0.05, 0.1) is 30.9 Å². The maximum atomic E-state index is 14.2. The van der Waals surface area contributed by atoms with Crippen LogP contribution >= 0.6 is 11.3 Å². The fraction of sp³-hybridized carbons (Fsp3) is 0.325. The second kappa shape index (κ2) is 15.5. The maximum Gasteiger partial charge on any atom is 0.254 e. The fourth-order valence-electron chi connectivity index (χ4n) is 7.04. The van der Waals surface area contributed by atoms with Crippen molar-refractivity contribution in [3.63, 3.8) is 0 Å². The molecule has 0 spiro atoms. The zero-order valence-electron chi connectivity index (χ0n) is 28.2. The van der Waals surface area contributed by atoms with E-state index in [0.29, 0.717) is 49.4 Å². The van der Waals surface area contributed by atoms with Crippen LogP contribution in [0.2, 0.25) is 0 Å². The Morgan fingerprint density at radius 3 is 2.44 bits per heavy atom. The quantitative estimate of drug-likeness (QED) is 0.151. The third-order valence-corrected chi connectivity index (χ3v) is 10.7. The first-order chi connectivity index (χ1) is 24.4. The third kappa shape index (κ3) is 7.89. The van der Waals surface area contributed by atoms with Crippen molar-refractivity contribution < 1.29 is 19.4 Å². The average molecular weight is 690 g/mol. The van der Waals surface area contributed by atoms with E-state index < -0.39 is 12.1 Å². The third-order valence-electron chi connectivity index (χ3n) is 9.66. The van der Waals surface area contributed by atoms with E-state index in [1.54, 1.807) is 23.5 Å². The molecule has 0 aliphatic carbocycles. The summed E-state index contributed by atoms with van der Waals surface area (Å²) in [6, 6.07) is 28.1. The number of carbonyl (C=O) groups excluding carboxylic acids is 2. The number of carbonyl (C=O) groups is 2. The first kappa shape index (κ1) is 33.9. The highest BCUT2D eigenvalue weighted by Gasteiger charge is 2.36. The lowest BCUT2D eigenvalue weighted by atomic mass is 9.94. The molecule has 258 valence electrons. The number of amides is 2. The number of hydrogen-bond acceptors (Lipinski definition) is 7. The number of ether oxygens (including phenoxy) is 1. The molecule has 2 saturated heterocycles. The number of aryl methyl sites for hydroxylation is 1. The van der Waals surface area contributed by atoms with Gasteiger partial charge < -0.3 is 29.9 Å². The van der Waals surface area contributed by atoms with E-state index in [4.69, 9.17) is 4.74 Å². The normalized spacial score (nSPS) is 20.1. The van der Waals surface area contributed by atoms with Crippen molar-refractivity contribution in [2.45, 2.75) is 69.5 Å². The predicted octanol–water partition coefficient (Wildman–Crippen LogP) is 5.87. The molecule has 3 aromatic carbocycles. The van der Waals surface area contributed by atoms with E-state index in [0.717, 1.165) is 34.7 Å². The Balaban J connectivity index is 1.12. The van der Waals surface area contributed by atoms with Crippen LogP contribution in [0.15, 0.2) is 109 Å². The molecule has 5 aromatic rings. The molecule has 1 unspecified atom stereocenters. The van der Waals surface area contributed by atoms with Crippen molar-refractivity contribution in [2.24, 2.45) is 0 Å². The molecule has 2 aliphatic rings. The number of nitrogens with one attached hydrogen (secondary N) is 2. The van der Waals surface area contributed by atoms with Crippen LogP contribution in [0.3, 0.4) is 0 Å². The molecule has 0 bridgehead atoms. The monoisotopic (exact) mass is 689 g/mol. The summed E-state index contributed by atoms with van der Waals surface area (Å²) in [4.78, 5) is 34.9. The van der Waals surface area contributed by atoms with Gasteiger partial charge in [-0.25, -0.2) is 4.98 Å². The highest BCUT2D eigenvalue weighted by atomic mass is 32.1. The van der Waals surface area contributed by atoms with Gasteiger partial charge in [0.15, 0.2) is 0 Å². The van der Waals surface area contributed by atoms with Gasteiger partial charge in [0, 0.05) is 59.4 Å². The fourth-order valence-corrected chi connectivity index (χ4v) is 7.99. The molecule has 4 heterocycles. The number of benzene rings is 3. The lowest BCUT2D eigenvalue weighted by molar-refractivity contribution is 0.0419. The minimum absolute atomic E-state index is 0.0579. The molecular weight excluding hydrogens is 647 g/mol. The van der Waals surface area contributed by atoms with E-state index in [9.17, 15) is 14.7 Å². The van der Waals surface area contributed by atoms with E-state index >= 15 is 0 Å². The predicted molar refractivity (Wildman–Crippen MR) is 194 cm³/mol. The molecular formula is C40H43N5O4S. The zero-order chi connectivity index (χ0) is 34.5. The number of aliphatic hydroxyl groups is 1. The SMILES string of the molecule is Cc1csc([C@H]2CCCN2C(=O)c2cc(C(=O)NC(Cc3ccccc3)[C@H](O)[C@H]3C[C@@H](OCc4ccccc4)CN3)cc(-n3cccc3)c2)n1. The Kier molecular flexibility index (Phi) is 10.5. The summed E-state index contributed by atoms with van der Waals surface area (Å²) in [7, 11) is 0. The van der Waals surface area contributed by atoms with Crippen molar-refractivity contribution in [3.8, 4) is 5.69 Å². The molecule has 2 aromatic heterocycles. The largest absolute Gasteiger partial charge is 0.389 e. The number of likely N-dealkylation sites (tertiary alicyclic amines) is 1. The summed E-state index contributed by atoms with van der Waals surface area (Å²) in [5.74, 6) is -0.475. The molecule has 0 saturated carbocycles. The van der Waals surface area contributed by atoms with Crippen LogP contribution in [0.25, 0.3) is 5.69 Å². The minimum atomic E-state index is -0.884. The van der Waals surface area contributed by atoms with Gasteiger partial charge in [-0.15, -0.1) is 11.3 Å². The second-order valence-electron chi connectivity index (χ2n) is 13.3. The second-order valence-corrected chi connectivity index (χ2v) is 14.2. The number of aromatic nitrogens is 2. The number of thiazole rings is 1. The van der Waals surface area contributed by atoms with Crippen LogP contribution in [0.4, 0.5) is 0 Å². The molecule has 10 heteroatoms. The van der Waals surface area contributed by atoms with Crippen LogP contribution in [-0.2, 0) is 17.8 Å². The summed E-state index contributed by atoms with van der Waals surface area (Å²) in [5, 5.41) is 21.4. The Morgan fingerprint density at radius 2 is 1.72 bits per heavy atom. The lowest BCUT2D eigenvalue weighted by Gasteiger charge is -2.29. The molecule has 9 nitrogen and oxygen atoms in total. The molecule has 2 amide bonds. The van der Waals surface area contributed by atoms with E-state index in [1.165, 1.54) is 0 Å². The van der Waals surface area contributed by atoms with E-state index in [1.807, 2.05) is 113 Å². The van der Waals surface area contributed by atoms with Crippen LogP contribution < -0.4 is 10.6 Å². The zero-order valence-corrected chi connectivity index (χ0v) is 29.0. The van der Waals surface area contributed by atoms with Gasteiger partial charge in [-0.1, -0.05) is 60.7 Å². The van der Waals surface area contributed by atoms with Gasteiger partial charge in [0.25, 0.3) is 11.8 Å². The molecule has 2 aliphatic heterocycles. The average Bonchev–Trinajstić information content (AvgIpc) is 3.99. The van der Waals surface area contributed by atoms with Crippen LogP contribution in [0, 0.1) is 6.92 Å². The number of rotatable bonds is 12. The maximum absolute atomic E-state index is 14.2. The smallest absolute Gasteiger partial charge is 0.254 e. The van der Waals surface area contributed by atoms with Crippen molar-refractivity contribution in [1.29, 1.82) is 0 Å². The minimum Gasteiger partial charge on any atom is -0.389 e. The van der Waals surface area contributed by atoms with Crippen molar-refractivity contribution in [3.05, 3.63) is 142 Å². The van der Waals surface area contributed by atoms with Gasteiger partial charge in [0.2, 0.25) is 0 Å². The van der Waals surface area contributed by atoms with E-state index in [-0.39, 0.29) is 30.0 Å². The highest BCUT2D eigenvalue weighted by molar-refractivity contribution is 7.09. The van der Waals surface area contributed by atoms with E-state index in [2.05, 4.69) is 15.6 Å². The standard InChI is InChI=1S/C40H43N5O4S/c1-27-26-50-39(42-27)36-15-10-18-45(36)40(48)31-20-30(21-32(22-31)44-16-8-9-17-44)38(47)43-35(19-28-11-4-2-5-12-28)37(46)34-23-33(24-41-34)49-25-29-13-6-3-7-14-29/h2-9,11-14,16-17,20-22,26,33-37,41,46H,10,15,18-19,23-25H2,1H3,(H,43,47)/t33-,34-,35?,36-,37-/m1/s1. The van der Waals surface area contributed by atoms with Crippen LogP contribution in [0.1, 0.15) is 67.8 Å². The van der Waals surface area contributed by atoms with Gasteiger partial charge in [-0.2, -0.15) is 0 Å². The number of aliphatic hydroxyl groups excluding tert-OH is 1. The summed E-state index contributed by atoms with van der Waals surface area (Å²) in [5.41, 5.74) is 4.56. The van der Waals surface area contributed by atoms with Gasteiger partial charge in [-0.05, 0) is 74.1 Å². The molecule has 7 rings (SSSR count). The number of hydrogen-bond donors (Lipinski definition) is 3. The summed E-state index contributed by atoms with van der Waals surface area (Å²) in [6.45, 7) is 3.71. The Bertz CT molecular complexity index is 1880. The van der Waals surface area contributed by atoms with Crippen molar-refractivity contribution in [2.75, 3.05) is 13.1 Å². The summed E-state index contributed by atoms with van der Waals surface area (Å²) in [6.07, 6.45) is 5.66. The molecule has 2 fully saturated rings. The molecule has 3 N–H and O–H groups in total. The highest BCUT2D eigenvalue weighted by Crippen LogP contribution is 2.35. The van der Waals surface area contributed by atoms with Gasteiger partial charge in [-0.3, -0.25) is 9.59 Å². The first-order valence-electron chi connectivity index (χ1n) is 17.3. The Labute approximate surface area is 296 Å². The molecule has 50 heavy (non-hydrogen) atoms. The van der Waals surface area contributed by atoms with Crippen LogP contribution in [0.5, 0.6) is 0 Å². The molecule has 0 radical (unpaired) electrons. The number of nitrogens with zero attached hydrogens (tertiary/aromatic N) is 3. The van der Waals surface area contributed by atoms with Gasteiger partial charge in [0.1, 0.15) is 5.01 Å².